The molecule has 7 heteroatoms. The summed E-state index contributed by atoms with van der Waals surface area (Å²) in [4.78, 5) is 26.6. The number of hydrogen-bond donors (Lipinski definition) is 1. The lowest BCUT2D eigenvalue weighted by atomic mass is 10.4. The molecule has 1 N–H and O–H groups in total. The number of hydrogen-bond acceptors (Lipinski definition) is 6. The molecule has 3 rings (SSSR count). The topological polar surface area (TPSA) is 85.3 Å². The van der Waals surface area contributed by atoms with Crippen LogP contribution in [0.2, 0.25) is 0 Å². The van der Waals surface area contributed by atoms with Gasteiger partial charge in [0.25, 0.3) is 5.56 Å². The average molecular weight is 292 g/mol. The van der Waals surface area contributed by atoms with Crippen molar-refractivity contribution in [1.29, 1.82) is 0 Å². The molecule has 0 bridgehead atoms. The predicted molar refractivity (Wildman–Crippen MR) is 73.0 cm³/mol. The van der Waals surface area contributed by atoms with Gasteiger partial charge in [0.15, 0.2) is 10.9 Å². The van der Waals surface area contributed by atoms with Gasteiger partial charge in [-0.15, -0.1) is 0 Å². The second-order valence-corrected chi connectivity index (χ2v) is 5.51. The third-order valence-electron chi connectivity index (χ3n) is 2.95. The Kier molecular flexibility index (Phi) is 3.35. The van der Waals surface area contributed by atoms with E-state index in [0.29, 0.717) is 22.7 Å². The normalized spacial score (nSPS) is 14.4. The Morgan fingerprint density at radius 1 is 1.45 bits per heavy atom. The first-order chi connectivity index (χ1) is 9.63. The number of aromatic hydroxyl groups is 1. The van der Waals surface area contributed by atoms with Crippen LogP contribution in [0.5, 0.6) is 5.75 Å². The van der Waals surface area contributed by atoms with E-state index in [0.717, 1.165) is 19.1 Å². The molecule has 0 aliphatic heterocycles. The SMILES string of the molecule is O=c1ccn(C2CC2)c(SCc2cc(=O)c(O)co2)n1. The minimum Gasteiger partial charge on any atom is -0.502 e. The molecular weight excluding hydrogens is 280 g/mol. The highest BCUT2D eigenvalue weighted by Crippen LogP contribution is 2.37. The van der Waals surface area contributed by atoms with Crippen LogP contribution in [0.15, 0.2) is 43.8 Å². The van der Waals surface area contributed by atoms with Gasteiger partial charge in [0.2, 0.25) is 5.43 Å². The molecule has 20 heavy (non-hydrogen) atoms. The molecule has 1 fully saturated rings. The lowest BCUT2D eigenvalue weighted by molar-refractivity contribution is 0.419. The van der Waals surface area contributed by atoms with E-state index in [9.17, 15) is 9.59 Å². The van der Waals surface area contributed by atoms with Gasteiger partial charge in [0.05, 0.1) is 5.75 Å². The first-order valence-corrected chi connectivity index (χ1v) is 7.15. The Bertz CT molecular complexity index is 749. The Hall–Kier alpha value is -2.02. The predicted octanol–water partition coefficient (Wildman–Crippen LogP) is 1.53. The third kappa shape index (κ3) is 2.77. The standard InChI is InChI=1S/C13H12N2O4S/c16-10-5-9(19-6-11(10)17)7-20-13-14-12(18)3-4-15(13)8-1-2-8/h3-6,8,17H,1-2,7H2. The average Bonchev–Trinajstić information content (AvgIpc) is 3.25. The highest BCUT2D eigenvalue weighted by Gasteiger charge is 2.25. The van der Waals surface area contributed by atoms with Crippen LogP contribution in [-0.4, -0.2) is 14.7 Å². The smallest absolute Gasteiger partial charge is 0.273 e. The number of rotatable bonds is 4. The van der Waals surface area contributed by atoms with E-state index in [-0.39, 0.29) is 5.56 Å². The van der Waals surface area contributed by atoms with Gasteiger partial charge in [-0.1, -0.05) is 11.8 Å². The summed E-state index contributed by atoms with van der Waals surface area (Å²) in [6.07, 6.45) is 4.95. The van der Waals surface area contributed by atoms with Gasteiger partial charge in [-0.25, -0.2) is 0 Å². The van der Waals surface area contributed by atoms with E-state index in [1.807, 2.05) is 4.57 Å². The second-order valence-electron chi connectivity index (χ2n) is 4.57. The van der Waals surface area contributed by atoms with E-state index in [1.165, 1.54) is 23.9 Å². The third-order valence-corrected chi connectivity index (χ3v) is 3.94. The van der Waals surface area contributed by atoms with Crippen molar-refractivity contribution in [2.75, 3.05) is 0 Å². The fourth-order valence-electron chi connectivity index (χ4n) is 1.79. The summed E-state index contributed by atoms with van der Waals surface area (Å²) in [5.74, 6) is 0.392. The van der Waals surface area contributed by atoms with E-state index < -0.39 is 11.2 Å². The van der Waals surface area contributed by atoms with Crippen LogP contribution in [0.4, 0.5) is 0 Å². The molecule has 1 aliphatic carbocycles. The number of thioether (sulfide) groups is 1. The van der Waals surface area contributed by atoms with Gasteiger partial charge in [0, 0.05) is 24.4 Å². The van der Waals surface area contributed by atoms with Crippen molar-refractivity contribution >= 4 is 11.8 Å². The molecule has 2 aromatic rings. The summed E-state index contributed by atoms with van der Waals surface area (Å²) in [6.45, 7) is 0. The zero-order valence-corrected chi connectivity index (χ0v) is 11.3. The lowest BCUT2D eigenvalue weighted by Gasteiger charge is -2.09. The molecule has 0 atom stereocenters. The van der Waals surface area contributed by atoms with Gasteiger partial charge >= 0.3 is 0 Å². The van der Waals surface area contributed by atoms with Crippen molar-refractivity contribution in [2.24, 2.45) is 0 Å². The molecule has 0 radical (unpaired) electrons. The lowest BCUT2D eigenvalue weighted by Crippen LogP contribution is -2.12. The van der Waals surface area contributed by atoms with Gasteiger partial charge in [0.1, 0.15) is 12.0 Å². The first-order valence-electron chi connectivity index (χ1n) is 6.16. The van der Waals surface area contributed by atoms with E-state index in [2.05, 4.69) is 4.98 Å². The second kappa shape index (κ2) is 5.16. The highest BCUT2D eigenvalue weighted by atomic mass is 32.2. The zero-order valence-electron chi connectivity index (χ0n) is 10.5. The minimum atomic E-state index is -0.479. The van der Waals surface area contributed by atoms with Gasteiger partial charge < -0.3 is 14.1 Å². The molecule has 0 spiro atoms. The van der Waals surface area contributed by atoms with Crippen LogP contribution in [0.3, 0.4) is 0 Å². The Balaban J connectivity index is 1.80. The monoisotopic (exact) mass is 292 g/mol. The van der Waals surface area contributed by atoms with Crippen LogP contribution in [0.25, 0.3) is 0 Å². The minimum absolute atomic E-state index is 0.281. The zero-order chi connectivity index (χ0) is 14.1. The quantitative estimate of drug-likeness (QED) is 0.679. The van der Waals surface area contributed by atoms with Crippen LogP contribution in [0, 0.1) is 0 Å². The molecule has 0 unspecified atom stereocenters. The van der Waals surface area contributed by atoms with Crippen molar-refractivity contribution in [3.63, 3.8) is 0 Å². The molecule has 0 amide bonds. The van der Waals surface area contributed by atoms with Crippen LogP contribution in [0.1, 0.15) is 24.6 Å². The maximum Gasteiger partial charge on any atom is 0.273 e. The van der Waals surface area contributed by atoms with Gasteiger partial charge in [-0.3, -0.25) is 9.59 Å². The van der Waals surface area contributed by atoms with Crippen molar-refractivity contribution in [2.45, 2.75) is 29.8 Å². The summed E-state index contributed by atoms with van der Waals surface area (Å²) in [5, 5.41) is 9.74. The number of aromatic nitrogens is 2. The van der Waals surface area contributed by atoms with Crippen LogP contribution < -0.4 is 11.0 Å². The molecule has 6 nitrogen and oxygen atoms in total. The Labute approximate surface area is 118 Å². The van der Waals surface area contributed by atoms with Crippen molar-refractivity contribution < 1.29 is 9.52 Å². The molecule has 0 saturated heterocycles. The highest BCUT2D eigenvalue weighted by molar-refractivity contribution is 7.98. The molecule has 2 heterocycles. The fraction of sp³-hybridized carbons (Fsp3) is 0.308. The van der Waals surface area contributed by atoms with Crippen molar-refractivity contribution in [1.82, 2.24) is 9.55 Å². The summed E-state index contributed by atoms with van der Waals surface area (Å²) in [6, 6.07) is 3.10. The maximum atomic E-state index is 11.4. The van der Waals surface area contributed by atoms with E-state index >= 15 is 0 Å². The van der Waals surface area contributed by atoms with Crippen molar-refractivity contribution in [3.8, 4) is 5.75 Å². The molecule has 104 valence electrons. The molecule has 1 aliphatic rings. The van der Waals surface area contributed by atoms with E-state index in [4.69, 9.17) is 9.52 Å². The summed E-state index contributed by atoms with van der Waals surface area (Å²) in [5.41, 5.74) is -0.760. The van der Waals surface area contributed by atoms with Crippen molar-refractivity contribution in [3.05, 3.63) is 50.9 Å². The molecule has 0 aromatic carbocycles. The van der Waals surface area contributed by atoms with Gasteiger partial charge in [-0.05, 0) is 12.8 Å². The van der Waals surface area contributed by atoms with Crippen LogP contribution >= 0.6 is 11.8 Å². The van der Waals surface area contributed by atoms with Gasteiger partial charge in [-0.2, -0.15) is 4.98 Å². The fourth-order valence-corrected chi connectivity index (χ4v) is 2.73. The van der Waals surface area contributed by atoms with Crippen LogP contribution in [-0.2, 0) is 5.75 Å². The first kappa shape index (κ1) is 13.0. The Morgan fingerprint density at radius 2 is 2.25 bits per heavy atom. The largest absolute Gasteiger partial charge is 0.502 e. The molecule has 1 saturated carbocycles. The maximum absolute atomic E-state index is 11.4. The number of nitrogens with zero attached hydrogens (tertiary/aromatic N) is 2. The van der Waals surface area contributed by atoms with E-state index in [1.54, 1.807) is 6.20 Å². The summed E-state index contributed by atoms with van der Waals surface area (Å²) in [7, 11) is 0. The Morgan fingerprint density at radius 3 is 2.95 bits per heavy atom. The molecule has 2 aromatic heterocycles. The summed E-state index contributed by atoms with van der Waals surface area (Å²) >= 11 is 1.33. The summed E-state index contributed by atoms with van der Waals surface area (Å²) < 4.78 is 7.10. The molecular formula is C13H12N2O4S.